The number of hydrogen-bond acceptors (Lipinski definition) is 6. The van der Waals surface area contributed by atoms with Crippen molar-refractivity contribution in [2.24, 2.45) is 11.3 Å². The second-order valence-electron chi connectivity index (χ2n) is 9.54. The van der Waals surface area contributed by atoms with Gasteiger partial charge in [0.2, 0.25) is 5.91 Å². The van der Waals surface area contributed by atoms with Crippen LogP contribution in [0.4, 0.5) is 0 Å². The third-order valence-electron chi connectivity index (χ3n) is 7.28. The van der Waals surface area contributed by atoms with Crippen LogP contribution >= 0.6 is 0 Å². The van der Waals surface area contributed by atoms with Crippen molar-refractivity contribution in [3.63, 3.8) is 0 Å². The van der Waals surface area contributed by atoms with Gasteiger partial charge in [-0.3, -0.25) is 19.7 Å². The van der Waals surface area contributed by atoms with Gasteiger partial charge in [-0.15, -0.1) is 0 Å². The van der Waals surface area contributed by atoms with Crippen molar-refractivity contribution in [2.75, 3.05) is 20.1 Å². The van der Waals surface area contributed by atoms with Crippen LogP contribution in [0.25, 0.3) is 5.57 Å². The number of hydroxylamine groups is 1. The molecule has 1 amide bonds. The lowest BCUT2D eigenvalue weighted by Gasteiger charge is -2.43. The van der Waals surface area contributed by atoms with Crippen molar-refractivity contribution in [3.8, 4) is 6.07 Å². The molecule has 1 unspecified atom stereocenters. The summed E-state index contributed by atoms with van der Waals surface area (Å²) in [5, 5.41) is 21.9. The summed E-state index contributed by atoms with van der Waals surface area (Å²) in [6, 6.07) is 5.32. The Morgan fingerprint density at radius 1 is 1.29 bits per heavy atom. The molecule has 1 aromatic carbocycles. The third kappa shape index (κ3) is 4.03. The highest BCUT2D eigenvalue weighted by Crippen LogP contribution is 2.54. The van der Waals surface area contributed by atoms with Crippen molar-refractivity contribution in [3.05, 3.63) is 40.5 Å². The molecule has 3 N–H and O–H groups in total. The Morgan fingerprint density at radius 3 is 2.55 bits per heavy atom. The molecule has 2 aliphatic heterocycles. The lowest BCUT2D eigenvalue weighted by Crippen LogP contribution is -2.59. The van der Waals surface area contributed by atoms with Gasteiger partial charge in [0.25, 0.3) is 0 Å². The van der Waals surface area contributed by atoms with Gasteiger partial charge in [-0.25, -0.2) is 5.48 Å². The number of Topliss-reactive ketones (excluding diaryl/α,β-unsaturated/α-hetero) is 1. The number of nitrogens with one attached hydrogen (secondary N) is 2. The van der Waals surface area contributed by atoms with Crippen LogP contribution in [0.5, 0.6) is 0 Å². The third-order valence-corrected chi connectivity index (χ3v) is 7.28. The molecule has 3 atom stereocenters. The number of nitriles is 1. The normalized spacial score (nSPS) is 27.3. The van der Waals surface area contributed by atoms with Gasteiger partial charge < -0.3 is 5.32 Å². The zero-order valence-electron chi connectivity index (χ0n) is 18.4. The maximum Gasteiger partial charge on any atom is 0.248 e. The molecular formula is C24H30N4O3. The number of amides is 1. The molecule has 0 bridgehead atoms. The number of benzene rings is 1. The quantitative estimate of drug-likeness (QED) is 0.507. The maximum atomic E-state index is 13.6. The average Bonchev–Trinajstić information content (AvgIpc) is 3.50. The first-order chi connectivity index (χ1) is 14.8. The number of piperidine rings is 1. The fourth-order valence-electron chi connectivity index (χ4n) is 5.52. The van der Waals surface area contributed by atoms with Crippen LogP contribution in [0.2, 0.25) is 0 Å². The lowest BCUT2D eigenvalue weighted by atomic mass is 9.76. The van der Waals surface area contributed by atoms with E-state index in [0.717, 1.165) is 41.6 Å². The van der Waals surface area contributed by atoms with Gasteiger partial charge >= 0.3 is 0 Å². The van der Waals surface area contributed by atoms with Crippen LogP contribution in [0.1, 0.15) is 47.9 Å². The summed E-state index contributed by atoms with van der Waals surface area (Å²) in [5.41, 5.74) is 6.58. The molecule has 0 radical (unpaired) electrons. The van der Waals surface area contributed by atoms with Crippen molar-refractivity contribution < 1.29 is 14.8 Å². The molecule has 1 saturated carbocycles. The van der Waals surface area contributed by atoms with E-state index in [1.807, 2.05) is 37.9 Å². The van der Waals surface area contributed by atoms with Crippen molar-refractivity contribution in [1.29, 1.82) is 5.26 Å². The van der Waals surface area contributed by atoms with Gasteiger partial charge in [0.05, 0.1) is 29.6 Å². The van der Waals surface area contributed by atoms with E-state index in [4.69, 9.17) is 0 Å². The summed E-state index contributed by atoms with van der Waals surface area (Å²) in [6.45, 7) is 5.24. The SMILES string of the molecule is Cc1cc(C2=CCNC(C(=O)[C@@H]3[C@@H](C(=O)NO)CC4(CC4)CN3C)C2)cc(C)c1C#N. The molecular weight excluding hydrogens is 392 g/mol. The fraction of sp³-hybridized carbons (Fsp3) is 0.542. The first-order valence-corrected chi connectivity index (χ1v) is 10.9. The minimum Gasteiger partial charge on any atom is -0.304 e. The van der Waals surface area contributed by atoms with E-state index in [2.05, 4.69) is 17.5 Å². The van der Waals surface area contributed by atoms with Gasteiger partial charge in [-0.05, 0) is 74.3 Å². The zero-order valence-corrected chi connectivity index (χ0v) is 18.4. The molecule has 7 heteroatoms. The monoisotopic (exact) mass is 422 g/mol. The first-order valence-electron chi connectivity index (χ1n) is 10.9. The molecule has 4 rings (SSSR count). The van der Waals surface area contributed by atoms with Crippen molar-refractivity contribution in [1.82, 2.24) is 15.7 Å². The van der Waals surface area contributed by atoms with E-state index in [-0.39, 0.29) is 11.2 Å². The van der Waals surface area contributed by atoms with Crippen molar-refractivity contribution >= 4 is 17.3 Å². The number of carbonyl (C=O) groups excluding carboxylic acids is 2. The van der Waals surface area contributed by atoms with Crippen LogP contribution in [0.3, 0.4) is 0 Å². The Morgan fingerprint density at radius 2 is 1.97 bits per heavy atom. The molecule has 0 aromatic heterocycles. The van der Waals surface area contributed by atoms with E-state index in [0.29, 0.717) is 24.9 Å². The number of nitrogens with zero attached hydrogens (tertiary/aromatic N) is 2. The van der Waals surface area contributed by atoms with Gasteiger partial charge in [0, 0.05) is 13.1 Å². The molecule has 2 heterocycles. The van der Waals surface area contributed by atoms with Crippen LogP contribution in [-0.4, -0.2) is 54.0 Å². The van der Waals surface area contributed by atoms with E-state index in [1.54, 1.807) is 5.48 Å². The van der Waals surface area contributed by atoms with Gasteiger partial charge in [-0.1, -0.05) is 18.2 Å². The zero-order chi connectivity index (χ0) is 22.3. The van der Waals surface area contributed by atoms with Gasteiger partial charge in [0.1, 0.15) is 0 Å². The maximum absolute atomic E-state index is 13.6. The largest absolute Gasteiger partial charge is 0.304 e. The second-order valence-corrected chi connectivity index (χ2v) is 9.54. The Balaban J connectivity index is 1.56. The standard InChI is InChI=1S/C24H30N4O3/c1-14-8-17(9-15(2)19(14)12-25)16-4-7-26-20(10-16)22(29)21-18(23(30)27-31)11-24(5-6-24)13-28(21)3/h4,8-9,18,20-21,26,31H,5-7,10-11,13H2,1-3H3,(H,27,30)/t18-,20?,21-/m0/s1. The summed E-state index contributed by atoms with van der Waals surface area (Å²) in [7, 11) is 1.91. The first kappa shape index (κ1) is 21.7. The van der Waals surface area contributed by atoms with Crippen LogP contribution in [0.15, 0.2) is 18.2 Å². The van der Waals surface area contributed by atoms with Gasteiger partial charge in [0.15, 0.2) is 5.78 Å². The predicted molar refractivity (Wildman–Crippen MR) is 116 cm³/mol. The summed E-state index contributed by atoms with van der Waals surface area (Å²) in [5.74, 6) is -1.02. The van der Waals surface area contributed by atoms with Gasteiger partial charge in [-0.2, -0.15) is 5.26 Å². The molecule has 2 fully saturated rings. The highest BCUT2D eigenvalue weighted by Gasteiger charge is 2.55. The molecule has 1 saturated heterocycles. The molecule has 3 aliphatic rings. The van der Waals surface area contributed by atoms with E-state index >= 15 is 0 Å². The van der Waals surface area contributed by atoms with Crippen LogP contribution in [0, 0.1) is 36.5 Å². The Bertz CT molecular complexity index is 966. The highest BCUT2D eigenvalue weighted by atomic mass is 16.5. The number of aryl methyl sites for hydroxylation is 2. The molecule has 1 aromatic rings. The second kappa shape index (κ2) is 8.19. The Labute approximate surface area is 183 Å². The molecule has 31 heavy (non-hydrogen) atoms. The minimum atomic E-state index is -0.556. The number of ketones is 1. The minimum absolute atomic E-state index is 0.000658. The smallest absolute Gasteiger partial charge is 0.248 e. The number of likely N-dealkylation sites (tertiary alicyclic amines) is 1. The van der Waals surface area contributed by atoms with E-state index < -0.39 is 23.9 Å². The summed E-state index contributed by atoms with van der Waals surface area (Å²) < 4.78 is 0. The topological polar surface area (TPSA) is 105 Å². The number of hydrogen-bond donors (Lipinski definition) is 3. The molecule has 164 valence electrons. The number of likely N-dealkylation sites (N-methyl/N-ethyl adjacent to an activating group) is 1. The number of carbonyl (C=O) groups is 2. The van der Waals surface area contributed by atoms with E-state index in [1.165, 1.54) is 0 Å². The molecule has 1 spiro atoms. The summed E-state index contributed by atoms with van der Waals surface area (Å²) >= 11 is 0. The van der Waals surface area contributed by atoms with Crippen LogP contribution < -0.4 is 10.8 Å². The summed E-state index contributed by atoms with van der Waals surface area (Å²) in [4.78, 5) is 28.1. The Hall–Kier alpha value is -2.53. The van der Waals surface area contributed by atoms with Crippen LogP contribution in [-0.2, 0) is 9.59 Å². The predicted octanol–water partition coefficient (Wildman–Crippen LogP) is 2.10. The van der Waals surface area contributed by atoms with Crippen molar-refractivity contribution in [2.45, 2.75) is 51.6 Å². The highest BCUT2D eigenvalue weighted by molar-refractivity contribution is 5.96. The van der Waals surface area contributed by atoms with E-state index in [9.17, 15) is 20.1 Å². The Kier molecular flexibility index (Phi) is 5.73. The fourth-order valence-corrected chi connectivity index (χ4v) is 5.52. The lowest BCUT2D eigenvalue weighted by molar-refractivity contribution is -0.145. The summed E-state index contributed by atoms with van der Waals surface area (Å²) in [6.07, 6.45) is 5.40. The molecule has 1 aliphatic carbocycles. The number of rotatable bonds is 4. The average molecular weight is 423 g/mol. The molecule has 7 nitrogen and oxygen atoms in total.